The molecule has 0 spiro atoms. The van der Waals surface area contributed by atoms with Gasteiger partial charge in [-0.05, 0) is 55.8 Å². The molecular formula is C11H13Br3S. The maximum absolute atomic E-state index is 3.82. The Labute approximate surface area is 120 Å². The van der Waals surface area contributed by atoms with E-state index in [1.807, 2.05) is 0 Å². The molecule has 0 radical (unpaired) electrons. The topological polar surface area (TPSA) is 0 Å². The zero-order valence-corrected chi connectivity index (χ0v) is 13.9. The molecule has 1 aliphatic rings. The van der Waals surface area contributed by atoms with E-state index < -0.39 is 0 Å². The number of hydrogen-bond donors (Lipinski definition) is 0. The molecule has 0 bridgehead atoms. The summed E-state index contributed by atoms with van der Waals surface area (Å²) in [5.74, 6) is 0.931. The minimum Gasteiger partial charge on any atom is -0.121 e. The third kappa shape index (κ3) is 3.30. The summed E-state index contributed by atoms with van der Waals surface area (Å²) in [7, 11) is 0. The first-order chi connectivity index (χ1) is 7.16. The standard InChI is InChI=1S/C11H13Br3S/c12-9(5-7-3-1-2-4-7)8-6-10(13)15-11(8)14/h6-7,9H,1-5H2. The van der Waals surface area contributed by atoms with Crippen LogP contribution in [0.25, 0.3) is 0 Å². The van der Waals surface area contributed by atoms with E-state index in [-0.39, 0.29) is 0 Å². The van der Waals surface area contributed by atoms with E-state index in [2.05, 4.69) is 53.9 Å². The van der Waals surface area contributed by atoms with Gasteiger partial charge in [0.1, 0.15) is 0 Å². The Morgan fingerprint density at radius 2 is 2.00 bits per heavy atom. The number of alkyl halides is 1. The Balaban J connectivity index is 2.00. The highest BCUT2D eigenvalue weighted by atomic mass is 79.9. The van der Waals surface area contributed by atoms with Crippen molar-refractivity contribution in [1.82, 2.24) is 0 Å². The van der Waals surface area contributed by atoms with Crippen molar-refractivity contribution in [1.29, 1.82) is 0 Å². The molecule has 0 amide bonds. The van der Waals surface area contributed by atoms with Crippen LogP contribution in [0.2, 0.25) is 0 Å². The monoisotopic (exact) mass is 414 g/mol. The predicted molar refractivity (Wildman–Crippen MR) is 78.0 cm³/mol. The van der Waals surface area contributed by atoms with Crippen LogP contribution >= 0.6 is 59.1 Å². The summed E-state index contributed by atoms with van der Waals surface area (Å²) in [6.45, 7) is 0. The Morgan fingerprint density at radius 1 is 1.33 bits per heavy atom. The van der Waals surface area contributed by atoms with Gasteiger partial charge in [0.05, 0.1) is 7.57 Å². The highest BCUT2D eigenvalue weighted by Gasteiger charge is 2.21. The molecule has 0 aromatic carbocycles. The average Bonchev–Trinajstić information content (AvgIpc) is 2.75. The minimum atomic E-state index is 0.512. The highest BCUT2D eigenvalue weighted by molar-refractivity contribution is 9.12. The Kier molecular flexibility index (Phi) is 4.75. The van der Waals surface area contributed by atoms with Crippen LogP contribution in [0.4, 0.5) is 0 Å². The number of thiophene rings is 1. The molecule has 84 valence electrons. The zero-order chi connectivity index (χ0) is 10.8. The third-order valence-electron chi connectivity index (χ3n) is 3.04. The first kappa shape index (κ1) is 12.6. The van der Waals surface area contributed by atoms with E-state index in [1.165, 1.54) is 45.2 Å². The number of hydrogen-bond acceptors (Lipinski definition) is 1. The molecular weight excluding hydrogens is 404 g/mol. The second-order valence-electron chi connectivity index (χ2n) is 4.13. The molecule has 4 heteroatoms. The van der Waals surface area contributed by atoms with E-state index in [4.69, 9.17) is 0 Å². The maximum atomic E-state index is 3.82. The van der Waals surface area contributed by atoms with Gasteiger partial charge in [0.2, 0.25) is 0 Å². The molecule has 1 saturated carbocycles. The lowest BCUT2D eigenvalue weighted by Gasteiger charge is -2.14. The highest BCUT2D eigenvalue weighted by Crippen LogP contribution is 2.43. The summed E-state index contributed by atoms with van der Waals surface area (Å²) < 4.78 is 2.47. The Bertz CT molecular complexity index is 329. The summed E-state index contributed by atoms with van der Waals surface area (Å²) in [5.41, 5.74) is 1.40. The van der Waals surface area contributed by atoms with Crippen LogP contribution in [-0.2, 0) is 0 Å². The van der Waals surface area contributed by atoms with Gasteiger partial charge in [-0.15, -0.1) is 11.3 Å². The Hall–Kier alpha value is 1.14. The fraction of sp³-hybridized carbons (Fsp3) is 0.636. The molecule has 1 atom stereocenters. The van der Waals surface area contributed by atoms with Crippen molar-refractivity contribution in [2.24, 2.45) is 5.92 Å². The third-order valence-corrected chi connectivity index (χ3v) is 6.29. The molecule has 2 rings (SSSR count). The quantitative estimate of drug-likeness (QED) is 0.508. The Morgan fingerprint density at radius 3 is 2.53 bits per heavy atom. The van der Waals surface area contributed by atoms with Crippen LogP contribution in [0.15, 0.2) is 13.6 Å². The largest absolute Gasteiger partial charge is 0.121 e. The van der Waals surface area contributed by atoms with Gasteiger partial charge in [0.25, 0.3) is 0 Å². The summed E-state index contributed by atoms with van der Waals surface area (Å²) >= 11 is 12.7. The molecule has 0 aliphatic heterocycles. The van der Waals surface area contributed by atoms with Crippen LogP contribution in [0.5, 0.6) is 0 Å². The number of halogens is 3. The smallest absolute Gasteiger partial charge is 0.0753 e. The molecule has 1 aromatic rings. The summed E-state index contributed by atoms with van der Waals surface area (Å²) in [4.78, 5) is 0.512. The van der Waals surface area contributed by atoms with Gasteiger partial charge in [0.15, 0.2) is 0 Å². The summed E-state index contributed by atoms with van der Waals surface area (Å²) in [6.07, 6.45) is 6.98. The van der Waals surface area contributed by atoms with Crippen molar-refractivity contribution < 1.29 is 0 Å². The van der Waals surface area contributed by atoms with Gasteiger partial charge in [-0.3, -0.25) is 0 Å². The van der Waals surface area contributed by atoms with E-state index in [0.29, 0.717) is 4.83 Å². The second kappa shape index (κ2) is 5.65. The fourth-order valence-corrected chi connectivity index (χ4v) is 6.55. The van der Waals surface area contributed by atoms with E-state index >= 15 is 0 Å². The van der Waals surface area contributed by atoms with Crippen LogP contribution in [0, 0.1) is 5.92 Å². The van der Waals surface area contributed by atoms with Crippen molar-refractivity contribution in [3.63, 3.8) is 0 Å². The molecule has 1 aromatic heterocycles. The first-order valence-electron chi connectivity index (χ1n) is 5.25. The van der Waals surface area contributed by atoms with Crippen LogP contribution < -0.4 is 0 Å². The first-order valence-corrected chi connectivity index (χ1v) is 8.57. The lowest BCUT2D eigenvalue weighted by atomic mass is 9.99. The molecule has 1 aliphatic carbocycles. The predicted octanol–water partition coefficient (Wildman–Crippen LogP) is 6.29. The molecule has 0 N–H and O–H groups in total. The van der Waals surface area contributed by atoms with Gasteiger partial charge in [-0.2, -0.15) is 0 Å². The molecule has 0 nitrogen and oxygen atoms in total. The summed E-state index contributed by atoms with van der Waals surface area (Å²) in [5, 5.41) is 0. The molecule has 0 saturated heterocycles. The van der Waals surface area contributed by atoms with E-state index in [9.17, 15) is 0 Å². The lowest BCUT2D eigenvalue weighted by molar-refractivity contribution is 0.502. The van der Waals surface area contributed by atoms with Crippen LogP contribution in [0.3, 0.4) is 0 Å². The fourth-order valence-electron chi connectivity index (χ4n) is 2.23. The van der Waals surface area contributed by atoms with Gasteiger partial charge >= 0.3 is 0 Å². The lowest BCUT2D eigenvalue weighted by Crippen LogP contribution is -1.98. The van der Waals surface area contributed by atoms with Crippen LogP contribution in [0.1, 0.15) is 42.5 Å². The molecule has 1 heterocycles. The minimum absolute atomic E-state index is 0.512. The van der Waals surface area contributed by atoms with Crippen molar-refractivity contribution in [2.45, 2.75) is 36.9 Å². The van der Waals surface area contributed by atoms with Gasteiger partial charge in [-0.1, -0.05) is 41.6 Å². The second-order valence-corrected chi connectivity index (χ2v) is 8.99. The number of rotatable bonds is 3. The SMILES string of the molecule is Brc1cc(C(Br)CC2CCCC2)c(Br)s1. The maximum Gasteiger partial charge on any atom is 0.0753 e. The van der Waals surface area contributed by atoms with E-state index in [1.54, 1.807) is 11.3 Å². The zero-order valence-electron chi connectivity index (χ0n) is 8.31. The van der Waals surface area contributed by atoms with E-state index in [0.717, 1.165) is 5.92 Å². The van der Waals surface area contributed by atoms with Crippen molar-refractivity contribution in [3.8, 4) is 0 Å². The summed E-state index contributed by atoms with van der Waals surface area (Å²) in [6, 6.07) is 2.23. The van der Waals surface area contributed by atoms with Crippen LogP contribution in [-0.4, -0.2) is 0 Å². The normalized spacial score (nSPS) is 19.7. The van der Waals surface area contributed by atoms with Crippen molar-refractivity contribution in [2.75, 3.05) is 0 Å². The van der Waals surface area contributed by atoms with Gasteiger partial charge in [0, 0.05) is 4.83 Å². The average molecular weight is 417 g/mol. The van der Waals surface area contributed by atoms with Gasteiger partial charge < -0.3 is 0 Å². The van der Waals surface area contributed by atoms with Crippen molar-refractivity contribution in [3.05, 3.63) is 19.2 Å². The molecule has 1 fully saturated rings. The molecule has 15 heavy (non-hydrogen) atoms. The molecule has 1 unspecified atom stereocenters. The van der Waals surface area contributed by atoms with Gasteiger partial charge in [-0.25, -0.2) is 0 Å². The van der Waals surface area contributed by atoms with Crippen molar-refractivity contribution >= 4 is 59.1 Å².